The van der Waals surface area contributed by atoms with Crippen LogP contribution in [0.4, 0.5) is 20.6 Å². The number of hydrogen-bond donors (Lipinski definition) is 1. The largest absolute Gasteiger partial charge is 0.358 e. The van der Waals surface area contributed by atoms with E-state index in [1.54, 1.807) is 36.4 Å². The van der Waals surface area contributed by atoms with Gasteiger partial charge in [-0.3, -0.25) is 9.69 Å². The van der Waals surface area contributed by atoms with Gasteiger partial charge in [0.15, 0.2) is 6.17 Å². The number of carbonyl (C=O) groups is 2. The van der Waals surface area contributed by atoms with Crippen molar-refractivity contribution < 1.29 is 14.0 Å². The zero-order valence-corrected chi connectivity index (χ0v) is 16.7. The van der Waals surface area contributed by atoms with Gasteiger partial charge in [0, 0.05) is 7.05 Å². The molecule has 0 spiro atoms. The Hall–Kier alpha value is -2.35. The van der Waals surface area contributed by atoms with E-state index in [1.807, 2.05) is 0 Å². The first kappa shape index (κ1) is 20.4. The number of hydrogen-bond acceptors (Lipinski definition) is 4. The Labute approximate surface area is 175 Å². The molecule has 3 rings (SSSR count). The molecule has 1 atom stereocenters. The highest BCUT2D eigenvalue weighted by Crippen LogP contribution is 2.34. The maximum atomic E-state index is 14.0. The van der Waals surface area contributed by atoms with Crippen LogP contribution >= 0.6 is 34.8 Å². The zero-order valence-electron chi connectivity index (χ0n) is 14.4. The van der Waals surface area contributed by atoms with Gasteiger partial charge in [0.1, 0.15) is 5.82 Å². The topological polar surface area (TPSA) is 65.0 Å². The third-order valence-corrected chi connectivity index (χ3v) is 4.55. The molecule has 0 bridgehead atoms. The van der Waals surface area contributed by atoms with Gasteiger partial charge in [0.2, 0.25) is 9.63 Å². The van der Waals surface area contributed by atoms with Gasteiger partial charge in [-0.25, -0.2) is 19.1 Å². The van der Waals surface area contributed by atoms with E-state index < -0.39 is 27.7 Å². The molecule has 3 amide bonds. The van der Waals surface area contributed by atoms with Crippen molar-refractivity contribution in [1.29, 1.82) is 0 Å². The van der Waals surface area contributed by atoms with Crippen LogP contribution in [-0.2, 0) is 4.79 Å². The van der Waals surface area contributed by atoms with E-state index in [-0.39, 0.29) is 11.5 Å². The molecule has 6 nitrogen and oxygen atoms in total. The van der Waals surface area contributed by atoms with Crippen molar-refractivity contribution in [3.05, 3.63) is 60.4 Å². The van der Waals surface area contributed by atoms with E-state index in [0.717, 1.165) is 9.80 Å². The summed E-state index contributed by atoms with van der Waals surface area (Å²) < 4.78 is 11.9. The summed E-state index contributed by atoms with van der Waals surface area (Å²) in [5, 5.41) is 2.66. The zero-order chi connectivity index (χ0) is 20.5. The lowest BCUT2D eigenvalue weighted by Crippen LogP contribution is -2.36. The molecule has 0 aromatic heterocycles. The highest BCUT2D eigenvalue weighted by Gasteiger charge is 2.43. The SMILES string of the molecule is CN1C(=O)N(c2ccccc2)C(=O)C1=NC(Nc1ccccc1F)C(Cl)(Cl)Cl. The maximum Gasteiger partial charge on any atom is 0.337 e. The smallest absolute Gasteiger partial charge is 0.337 e. The van der Waals surface area contributed by atoms with E-state index in [4.69, 9.17) is 34.8 Å². The number of anilines is 2. The van der Waals surface area contributed by atoms with Gasteiger partial charge in [0.05, 0.1) is 11.4 Å². The number of amidine groups is 1. The summed E-state index contributed by atoms with van der Waals surface area (Å²) in [6.07, 6.45) is -1.33. The molecule has 1 aliphatic heterocycles. The predicted molar refractivity (Wildman–Crippen MR) is 109 cm³/mol. The Morgan fingerprint density at radius 1 is 1.04 bits per heavy atom. The van der Waals surface area contributed by atoms with Crippen LogP contribution in [0.25, 0.3) is 0 Å². The lowest BCUT2D eigenvalue weighted by Gasteiger charge is -2.24. The number of alkyl halides is 3. The second kappa shape index (κ2) is 7.95. The lowest BCUT2D eigenvalue weighted by molar-refractivity contribution is -0.111. The van der Waals surface area contributed by atoms with Crippen LogP contribution in [0.5, 0.6) is 0 Å². The average Bonchev–Trinajstić information content (AvgIpc) is 2.86. The second-order valence-corrected chi connectivity index (χ2v) is 8.21. The van der Waals surface area contributed by atoms with E-state index in [1.165, 1.54) is 25.2 Å². The molecule has 1 fully saturated rings. The molecule has 28 heavy (non-hydrogen) atoms. The Morgan fingerprint density at radius 2 is 1.64 bits per heavy atom. The molecule has 1 N–H and O–H groups in total. The van der Waals surface area contributed by atoms with Gasteiger partial charge < -0.3 is 5.32 Å². The molecule has 2 aromatic rings. The van der Waals surface area contributed by atoms with Crippen molar-refractivity contribution in [3.8, 4) is 0 Å². The normalized spacial score (nSPS) is 17.4. The molecule has 0 saturated carbocycles. The monoisotopic (exact) mass is 442 g/mol. The fraction of sp³-hybridized carbons (Fsp3) is 0.167. The molecular weight excluding hydrogens is 430 g/mol. The number of rotatable bonds is 4. The lowest BCUT2D eigenvalue weighted by atomic mass is 10.3. The summed E-state index contributed by atoms with van der Waals surface area (Å²) >= 11 is 17.9. The Morgan fingerprint density at radius 3 is 2.25 bits per heavy atom. The first-order valence-corrected chi connectivity index (χ1v) is 9.16. The summed E-state index contributed by atoms with van der Waals surface area (Å²) in [5.74, 6) is -1.52. The minimum Gasteiger partial charge on any atom is -0.358 e. The number of benzene rings is 2. The summed E-state index contributed by atoms with van der Waals surface area (Å²) in [7, 11) is 1.38. The average molecular weight is 444 g/mol. The summed E-state index contributed by atoms with van der Waals surface area (Å²) in [6, 6.07) is 13.5. The van der Waals surface area contributed by atoms with Gasteiger partial charge in [-0.2, -0.15) is 0 Å². The Bertz CT molecular complexity index is 934. The number of para-hydroxylation sites is 2. The van der Waals surface area contributed by atoms with Crippen LogP contribution in [0.1, 0.15) is 0 Å². The summed E-state index contributed by atoms with van der Waals surface area (Å²) in [6.45, 7) is 0. The molecule has 1 aliphatic rings. The number of amides is 3. The van der Waals surface area contributed by atoms with Gasteiger partial charge in [-0.1, -0.05) is 65.1 Å². The Balaban J connectivity index is 1.97. The number of aliphatic imine (C=N–C) groups is 1. The van der Waals surface area contributed by atoms with Crippen LogP contribution in [-0.4, -0.2) is 39.7 Å². The van der Waals surface area contributed by atoms with Crippen LogP contribution in [0, 0.1) is 5.82 Å². The third-order valence-electron chi connectivity index (χ3n) is 3.93. The first-order chi connectivity index (χ1) is 13.2. The molecule has 1 heterocycles. The van der Waals surface area contributed by atoms with Crippen molar-refractivity contribution in [2.24, 2.45) is 4.99 Å². The van der Waals surface area contributed by atoms with E-state index >= 15 is 0 Å². The molecule has 0 aliphatic carbocycles. The molecule has 146 valence electrons. The maximum absolute atomic E-state index is 14.0. The number of urea groups is 1. The molecule has 0 radical (unpaired) electrons. The van der Waals surface area contributed by atoms with Crippen molar-refractivity contribution in [3.63, 3.8) is 0 Å². The minimum atomic E-state index is -2.03. The van der Waals surface area contributed by atoms with E-state index in [0.29, 0.717) is 5.69 Å². The number of nitrogens with zero attached hydrogens (tertiary/aromatic N) is 3. The molecule has 10 heteroatoms. The molecule has 2 aromatic carbocycles. The van der Waals surface area contributed by atoms with Gasteiger partial charge >= 0.3 is 11.9 Å². The summed E-state index contributed by atoms with van der Waals surface area (Å²) in [4.78, 5) is 31.5. The van der Waals surface area contributed by atoms with E-state index in [2.05, 4.69) is 10.3 Å². The van der Waals surface area contributed by atoms with Gasteiger partial charge in [-0.05, 0) is 24.3 Å². The Kier molecular flexibility index (Phi) is 5.79. The van der Waals surface area contributed by atoms with Crippen LogP contribution in [0.3, 0.4) is 0 Å². The van der Waals surface area contributed by atoms with Gasteiger partial charge in [-0.15, -0.1) is 0 Å². The highest BCUT2D eigenvalue weighted by molar-refractivity contribution is 6.68. The predicted octanol–water partition coefficient (Wildman–Crippen LogP) is 4.43. The highest BCUT2D eigenvalue weighted by atomic mass is 35.6. The summed E-state index contributed by atoms with van der Waals surface area (Å²) in [5.41, 5.74) is 0.407. The van der Waals surface area contributed by atoms with Crippen molar-refractivity contribution in [2.75, 3.05) is 17.3 Å². The fourth-order valence-corrected chi connectivity index (χ4v) is 2.86. The number of carbonyl (C=O) groups excluding carboxylic acids is 2. The van der Waals surface area contributed by atoms with E-state index in [9.17, 15) is 14.0 Å². The minimum absolute atomic E-state index is 0.0301. The first-order valence-electron chi connectivity index (χ1n) is 8.03. The number of imide groups is 1. The number of nitrogens with one attached hydrogen (secondary N) is 1. The number of halogens is 4. The third kappa shape index (κ3) is 4.06. The fourth-order valence-electron chi connectivity index (χ4n) is 2.55. The van der Waals surface area contributed by atoms with Crippen molar-refractivity contribution in [1.82, 2.24) is 4.90 Å². The molecular formula is C18H14Cl3FN4O2. The van der Waals surface area contributed by atoms with Crippen LogP contribution < -0.4 is 10.2 Å². The molecule has 1 saturated heterocycles. The second-order valence-electron chi connectivity index (χ2n) is 5.84. The van der Waals surface area contributed by atoms with Crippen LogP contribution in [0.15, 0.2) is 59.6 Å². The number of likely N-dealkylation sites (N-methyl/N-ethyl adjacent to an activating group) is 1. The van der Waals surface area contributed by atoms with Crippen LogP contribution in [0.2, 0.25) is 0 Å². The van der Waals surface area contributed by atoms with Crippen molar-refractivity contribution >= 4 is 64.0 Å². The van der Waals surface area contributed by atoms with Gasteiger partial charge in [0.25, 0.3) is 0 Å². The standard InChI is InChI=1S/C18H14Cl3FN4O2/c1-25-14(15(27)26(17(25)28)11-7-3-2-4-8-11)24-16(18(19,20)21)23-13-10-6-5-9-12(13)22/h2-10,16,23H,1H3. The quantitative estimate of drug-likeness (QED) is 0.561. The molecule has 1 unspecified atom stereocenters. The van der Waals surface area contributed by atoms with Crippen molar-refractivity contribution in [2.45, 2.75) is 9.96 Å².